The van der Waals surface area contributed by atoms with Crippen LogP contribution in [0.15, 0.2) is 12.1 Å². The highest BCUT2D eigenvalue weighted by Crippen LogP contribution is 2.31. The van der Waals surface area contributed by atoms with E-state index in [0.717, 1.165) is 17.3 Å². The van der Waals surface area contributed by atoms with Crippen LogP contribution in [0.5, 0.6) is 0 Å². The molecule has 0 radical (unpaired) electrons. The van der Waals surface area contributed by atoms with E-state index >= 15 is 0 Å². The first kappa shape index (κ1) is 11.3. The zero-order valence-electron chi connectivity index (χ0n) is 10.3. The van der Waals surface area contributed by atoms with E-state index in [1.54, 1.807) is 0 Å². The van der Waals surface area contributed by atoms with Gasteiger partial charge in [-0.25, -0.2) is 0 Å². The standard InChI is InChI=1S/C14H22N2/c1-10-7-13(15)14(16-2)9-12(10)8-11-5-3-4-6-11/h7,9,11,16H,3-6,8,15H2,1-2H3. The zero-order valence-corrected chi connectivity index (χ0v) is 10.3. The van der Waals surface area contributed by atoms with Crippen molar-refractivity contribution in [2.75, 3.05) is 18.1 Å². The molecule has 88 valence electrons. The molecule has 0 aromatic heterocycles. The number of nitrogens with two attached hydrogens (primary N) is 1. The Hall–Kier alpha value is -1.18. The minimum absolute atomic E-state index is 0.857. The molecule has 2 nitrogen and oxygen atoms in total. The van der Waals surface area contributed by atoms with Gasteiger partial charge in [0.1, 0.15) is 0 Å². The summed E-state index contributed by atoms with van der Waals surface area (Å²) >= 11 is 0. The average Bonchev–Trinajstić information content (AvgIpc) is 2.75. The second-order valence-corrected chi connectivity index (χ2v) is 4.97. The Kier molecular flexibility index (Phi) is 3.37. The lowest BCUT2D eigenvalue weighted by Crippen LogP contribution is -2.04. The van der Waals surface area contributed by atoms with Crippen LogP contribution in [0.4, 0.5) is 11.4 Å². The first-order valence-electron chi connectivity index (χ1n) is 6.27. The third-order valence-electron chi connectivity index (χ3n) is 3.76. The fourth-order valence-corrected chi connectivity index (χ4v) is 2.74. The van der Waals surface area contributed by atoms with E-state index in [2.05, 4.69) is 24.4 Å². The van der Waals surface area contributed by atoms with Gasteiger partial charge in [0.2, 0.25) is 0 Å². The molecular formula is C14H22N2. The average molecular weight is 218 g/mol. The molecule has 1 aromatic rings. The van der Waals surface area contributed by atoms with Crippen molar-refractivity contribution in [3.8, 4) is 0 Å². The van der Waals surface area contributed by atoms with Crippen LogP contribution in [0.3, 0.4) is 0 Å². The van der Waals surface area contributed by atoms with Gasteiger partial charge in [-0.1, -0.05) is 25.7 Å². The van der Waals surface area contributed by atoms with Crippen LogP contribution in [0.25, 0.3) is 0 Å². The van der Waals surface area contributed by atoms with Gasteiger partial charge in [0.15, 0.2) is 0 Å². The molecule has 3 N–H and O–H groups in total. The number of nitrogens with one attached hydrogen (secondary N) is 1. The molecule has 2 rings (SSSR count). The fraction of sp³-hybridized carbons (Fsp3) is 0.571. The van der Waals surface area contributed by atoms with Crippen LogP contribution in [0, 0.1) is 12.8 Å². The van der Waals surface area contributed by atoms with Crippen molar-refractivity contribution < 1.29 is 0 Å². The largest absolute Gasteiger partial charge is 0.397 e. The Labute approximate surface area is 98.2 Å². The molecular weight excluding hydrogens is 196 g/mol. The number of benzene rings is 1. The Morgan fingerprint density at radius 3 is 2.62 bits per heavy atom. The minimum atomic E-state index is 0.857. The molecule has 1 aromatic carbocycles. The van der Waals surface area contributed by atoms with Crippen LogP contribution >= 0.6 is 0 Å². The molecule has 0 unspecified atom stereocenters. The van der Waals surface area contributed by atoms with Crippen LogP contribution < -0.4 is 11.1 Å². The third kappa shape index (κ3) is 2.31. The SMILES string of the molecule is CNc1cc(CC2CCCC2)c(C)cc1N. The first-order valence-corrected chi connectivity index (χ1v) is 6.27. The van der Waals surface area contributed by atoms with Crippen LogP contribution in [-0.4, -0.2) is 7.05 Å². The summed E-state index contributed by atoms with van der Waals surface area (Å²) in [5, 5.41) is 3.16. The molecule has 0 spiro atoms. The monoisotopic (exact) mass is 218 g/mol. The van der Waals surface area contributed by atoms with Crippen molar-refractivity contribution in [1.29, 1.82) is 0 Å². The summed E-state index contributed by atoms with van der Waals surface area (Å²) in [6.45, 7) is 2.17. The smallest absolute Gasteiger partial charge is 0.0574 e. The van der Waals surface area contributed by atoms with Crippen LogP contribution in [-0.2, 0) is 6.42 Å². The second kappa shape index (κ2) is 4.77. The number of nitrogen functional groups attached to an aromatic ring is 1. The van der Waals surface area contributed by atoms with Crippen LogP contribution in [0.2, 0.25) is 0 Å². The summed E-state index contributed by atoms with van der Waals surface area (Å²) in [5.74, 6) is 0.895. The van der Waals surface area contributed by atoms with E-state index in [1.165, 1.54) is 43.2 Å². The molecule has 1 aliphatic carbocycles. The Balaban J connectivity index is 2.18. The quantitative estimate of drug-likeness (QED) is 0.763. The van der Waals surface area contributed by atoms with Gasteiger partial charge in [0.05, 0.1) is 11.4 Å². The molecule has 1 saturated carbocycles. The molecule has 2 heteroatoms. The molecule has 0 bridgehead atoms. The minimum Gasteiger partial charge on any atom is -0.397 e. The van der Waals surface area contributed by atoms with Gasteiger partial charge in [-0.05, 0) is 42.5 Å². The summed E-state index contributed by atoms with van der Waals surface area (Å²) in [7, 11) is 1.93. The molecule has 0 amide bonds. The predicted molar refractivity (Wildman–Crippen MR) is 70.8 cm³/mol. The highest BCUT2D eigenvalue weighted by molar-refractivity contribution is 5.68. The van der Waals surface area contributed by atoms with Gasteiger partial charge in [-0.15, -0.1) is 0 Å². The summed E-state index contributed by atoms with van der Waals surface area (Å²) < 4.78 is 0. The number of rotatable bonds is 3. The van der Waals surface area contributed by atoms with Crippen molar-refractivity contribution in [1.82, 2.24) is 0 Å². The number of hydrogen-bond donors (Lipinski definition) is 2. The lowest BCUT2D eigenvalue weighted by molar-refractivity contribution is 0.545. The predicted octanol–water partition coefficient (Wildman–Crippen LogP) is 3.35. The van der Waals surface area contributed by atoms with Gasteiger partial charge < -0.3 is 11.1 Å². The molecule has 0 saturated heterocycles. The van der Waals surface area contributed by atoms with Crippen molar-refractivity contribution in [2.45, 2.75) is 39.0 Å². The molecule has 0 atom stereocenters. The highest BCUT2D eigenvalue weighted by Gasteiger charge is 2.16. The van der Waals surface area contributed by atoms with E-state index in [4.69, 9.17) is 5.73 Å². The summed E-state index contributed by atoms with van der Waals surface area (Å²) in [6, 6.07) is 4.32. The van der Waals surface area contributed by atoms with Crippen molar-refractivity contribution in [2.24, 2.45) is 5.92 Å². The summed E-state index contributed by atoms with van der Waals surface area (Å²) in [6.07, 6.45) is 6.85. The van der Waals surface area contributed by atoms with E-state index in [9.17, 15) is 0 Å². The maximum Gasteiger partial charge on any atom is 0.0574 e. The van der Waals surface area contributed by atoms with Crippen molar-refractivity contribution >= 4 is 11.4 Å². The molecule has 0 aliphatic heterocycles. The Morgan fingerprint density at radius 2 is 2.00 bits per heavy atom. The molecule has 16 heavy (non-hydrogen) atoms. The van der Waals surface area contributed by atoms with Crippen molar-refractivity contribution in [3.63, 3.8) is 0 Å². The van der Waals surface area contributed by atoms with Crippen molar-refractivity contribution in [3.05, 3.63) is 23.3 Å². The summed E-state index contributed by atoms with van der Waals surface area (Å²) in [4.78, 5) is 0. The number of hydrogen-bond acceptors (Lipinski definition) is 2. The Morgan fingerprint density at radius 1 is 1.31 bits per heavy atom. The normalized spacial score (nSPS) is 16.6. The molecule has 1 fully saturated rings. The number of anilines is 2. The molecule has 1 aliphatic rings. The molecule has 0 heterocycles. The van der Waals surface area contributed by atoms with Gasteiger partial charge >= 0.3 is 0 Å². The van der Waals surface area contributed by atoms with Gasteiger partial charge in [-0.3, -0.25) is 0 Å². The summed E-state index contributed by atoms with van der Waals surface area (Å²) in [5.41, 5.74) is 10.7. The highest BCUT2D eigenvalue weighted by atomic mass is 14.8. The second-order valence-electron chi connectivity index (χ2n) is 4.97. The van der Waals surface area contributed by atoms with Gasteiger partial charge in [0, 0.05) is 7.05 Å². The van der Waals surface area contributed by atoms with E-state index in [-0.39, 0.29) is 0 Å². The Bertz CT molecular complexity index is 365. The fourth-order valence-electron chi connectivity index (χ4n) is 2.74. The third-order valence-corrected chi connectivity index (χ3v) is 3.76. The maximum atomic E-state index is 5.95. The van der Waals surface area contributed by atoms with Gasteiger partial charge in [0.25, 0.3) is 0 Å². The topological polar surface area (TPSA) is 38.0 Å². The first-order chi connectivity index (χ1) is 7.70. The van der Waals surface area contributed by atoms with E-state index in [1.807, 2.05) is 7.05 Å². The van der Waals surface area contributed by atoms with Crippen LogP contribution in [0.1, 0.15) is 36.8 Å². The zero-order chi connectivity index (χ0) is 11.5. The van der Waals surface area contributed by atoms with E-state index in [0.29, 0.717) is 0 Å². The lowest BCUT2D eigenvalue weighted by Gasteiger charge is -2.15. The number of aryl methyl sites for hydroxylation is 1. The lowest BCUT2D eigenvalue weighted by atomic mass is 9.94. The van der Waals surface area contributed by atoms with Gasteiger partial charge in [-0.2, -0.15) is 0 Å². The van der Waals surface area contributed by atoms with E-state index < -0.39 is 0 Å². The maximum absolute atomic E-state index is 5.95.